The first kappa shape index (κ1) is 12.0. The summed E-state index contributed by atoms with van der Waals surface area (Å²) < 4.78 is 10.8. The third-order valence-electron chi connectivity index (χ3n) is 2.40. The van der Waals surface area contributed by atoms with E-state index >= 15 is 0 Å². The summed E-state index contributed by atoms with van der Waals surface area (Å²) >= 11 is 0. The molecule has 0 aromatic carbocycles. The van der Waals surface area contributed by atoms with Gasteiger partial charge in [-0.1, -0.05) is 0 Å². The van der Waals surface area contributed by atoms with Gasteiger partial charge < -0.3 is 9.47 Å². The van der Waals surface area contributed by atoms with Crippen LogP contribution in [0.15, 0.2) is 0 Å². The van der Waals surface area contributed by atoms with Gasteiger partial charge in [0.15, 0.2) is 5.69 Å². The van der Waals surface area contributed by atoms with Crippen molar-refractivity contribution >= 4 is 5.97 Å². The summed E-state index contributed by atoms with van der Waals surface area (Å²) in [6.07, 6.45) is 1.70. The van der Waals surface area contributed by atoms with Gasteiger partial charge in [0.1, 0.15) is 17.4 Å². The number of carbonyl (C=O) groups is 1. The molecular formula is C11H17N3O3. The van der Waals surface area contributed by atoms with Gasteiger partial charge in [-0.25, -0.2) is 4.79 Å². The van der Waals surface area contributed by atoms with Crippen molar-refractivity contribution in [1.82, 2.24) is 15.4 Å². The van der Waals surface area contributed by atoms with Gasteiger partial charge in [0.05, 0.1) is 0 Å². The monoisotopic (exact) mass is 239 g/mol. The number of nitrogens with one attached hydrogen (secondary N) is 1. The number of hydrogen-bond acceptors (Lipinski definition) is 5. The highest BCUT2D eigenvalue weighted by Crippen LogP contribution is 2.29. The molecular weight excluding hydrogens is 222 g/mol. The van der Waals surface area contributed by atoms with Gasteiger partial charge >= 0.3 is 5.97 Å². The lowest BCUT2D eigenvalue weighted by Crippen LogP contribution is -2.25. The molecule has 1 aliphatic heterocycles. The number of nitrogens with zero attached hydrogens (tertiary/aromatic N) is 2. The summed E-state index contributed by atoms with van der Waals surface area (Å²) in [5.41, 5.74) is 0.243. The van der Waals surface area contributed by atoms with E-state index in [1.165, 1.54) is 0 Å². The van der Waals surface area contributed by atoms with Gasteiger partial charge in [-0.15, -0.1) is 5.10 Å². The number of esters is 1. The number of hydrogen-bond donors (Lipinski definition) is 1. The topological polar surface area (TPSA) is 77.1 Å². The standard InChI is InChI=1S/C11H17N3O3/c1-11(2,3)17-10(15)9-8(12-14-13-9)7-5-4-6-16-7/h7H,4-6H2,1-3H3,(H,12,13,14). The summed E-state index contributed by atoms with van der Waals surface area (Å²) in [5.74, 6) is -0.461. The fourth-order valence-corrected chi connectivity index (χ4v) is 1.73. The molecule has 0 aliphatic carbocycles. The Labute approximate surface area is 99.7 Å². The molecule has 0 amide bonds. The molecule has 0 spiro atoms. The molecule has 1 atom stereocenters. The predicted octanol–water partition coefficient (Wildman–Crippen LogP) is 1.61. The van der Waals surface area contributed by atoms with Crippen LogP contribution >= 0.6 is 0 Å². The van der Waals surface area contributed by atoms with Crippen molar-refractivity contribution in [3.8, 4) is 0 Å². The van der Waals surface area contributed by atoms with E-state index in [1.54, 1.807) is 0 Å². The van der Waals surface area contributed by atoms with E-state index in [0.29, 0.717) is 12.3 Å². The van der Waals surface area contributed by atoms with Crippen LogP contribution in [0.3, 0.4) is 0 Å². The molecule has 0 radical (unpaired) electrons. The first-order valence-electron chi connectivity index (χ1n) is 5.73. The van der Waals surface area contributed by atoms with Crippen LogP contribution < -0.4 is 0 Å². The molecule has 1 aromatic heterocycles. The zero-order valence-corrected chi connectivity index (χ0v) is 10.3. The highest BCUT2D eigenvalue weighted by molar-refractivity contribution is 5.88. The summed E-state index contributed by atoms with van der Waals surface area (Å²) in [4.78, 5) is 11.9. The van der Waals surface area contributed by atoms with Crippen molar-refractivity contribution in [3.63, 3.8) is 0 Å². The van der Waals surface area contributed by atoms with E-state index in [9.17, 15) is 4.79 Å². The van der Waals surface area contributed by atoms with Crippen molar-refractivity contribution in [2.45, 2.75) is 45.3 Å². The smallest absolute Gasteiger partial charge is 0.361 e. The Balaban J connectivity index is 2.15. The number of aromatic nitrogens is 3. The Morgan fingerprint density at radius 3 is 2.82 bits per heavy atom. The fourth-order valence-electron chi connectivity index (χ4n) is 1.73. The Bertz CT molecular complexity index is 402. The number of ether oxygens (including phenoxy) is 2. The van der Waals surface area contributed by atoms with E-state index in [2.05, 4.69) is 15.4 Å². The Morgan fingerprint density at radius 2 is 2.24 bits per heavy atom. The highest BCUT2D eigenvalue weighted by Gasteiger charge is 2.30. The minimum atomic E-state index is -0.538. The van der Waals surface area contributed by atoms with Gasteiger partial charge in [-0.3, -0.25) is 0 Å². The Hall–Kier alpha value is -1.43. The van der Waals surface area contributed by atoms with Crippen molar-refractivity contribution in [2.24, 2.45) is 0 Å². The van der Waals surface area contributed by atoms with Gasteiger partial charge in [0, 0.05) is 6.61 Å². The summed E-state index contributed by atoms with van der Waals surface area (Å²) in [7, 11) is 0. The van der Waals surface area contributed by atoms with Gasteiger partial charge in [0.2, 0.25) is 0 Å². The molecule has 2 heterocycles. The van der Waals surface area contributed by atoms with E-state index in [1.807, 2.05) is 20.8 Å². The minimum Gasteiger partial charge on any atom is -0.455 e. The van der Waals surface area contributed by atoms with E-state index in [0.717, 1.165) is 12.8 Å². The number of carbonyl (C=O) groups excluding carboxylic acids is 1. The molecule has 1 fully saturated rings. The molecule has 2 rings (SSSR count). The zero-order valence-electron chi connectivity index (χ0n) is 10.3. The van der Waals surface area contributed by atoms with Crippen LogP contribution in [0.4, 0.5) is 0 Å². The van der Waals surface area contributed by atoms with Crippen LogP contribution in [-0.2, 0) is 9.47 Å². The fraction of sp³-hybridized carbons (Fsp3) is 0.727. The van der Waals surface area contributed by atoms with Crippen molar-refractivity contribution in [2.75, 3.05) is 6.61 Å². The second-order valence-electron chi connectivity index (χ2n) is 5.06. The molecule has 0 saturated carbocycles. The first-order chi connectivity index (χ1) is 7.97. The summed E-state index contributed by atoms with van der Waals surface area (Å²) in [5, 5.41) is 10.3. The molecule has 1 aliphatic rings. The van der Waals surface area contributed by atoms with Gasteiger partial charge in [-0.05, 0) is 33.6 Å². The first-order valence-corrected chi connectivity index (χ1v) is 5.73. The van der Waals surface area contributed by atoms with Crippen molar-refractivity contribution in [1.29, 1.82) is 0 Å². The van der Waals surface area contributed by atoms with Crippen molar-refractivity contribution < 1.29 is 14.3 Å². The third-order valence-corrected chi connectivity index (χ3v) is 2.40. The van der Waals surface area contributed by atoms with Crippen molar-refractivity contribution in [3.05, 3.63) is 11.4 Å². The lowest BCUT2D eigenvalue weighted by molar-refractivity contribution is 0.00556. The summed E-state index contributed by atoms with van der Waals surface area (Å²) in [6, 6.07) is 0. The normalized spacial score (nSPS) is 20.5. The van der Waals surface area contributed by atoms with Crippen LogP contribution in [0.5, 0.6) is 0 Å². The van der Waals surface area contributed by atoms with Crippen LogP contribution in [0.25, 0.3) is 0 Å². The van der Waals surface area contributed by atoms with Crippen LogP contribution in [-0.4, -0.2) is 33.6 Å². The second-order valence-corrected chi connectivity index (χ2v) is 5.06. The molecule has 0 bridgehead atoms. The van der Waals surface area contributed by atoms with E-state index in [4.69, 9.17) is 9.47 Å². The maximum Gasteiger partial charge on any atom is 0.361 e. The van der Waals surface area contributed by atoms with Gasteiger partial charge in [-0.2, -0.15) is 10.3 Å². The number of aromatic amines is 1. The van der Waals surface area contributed by atoms with Gasteiger partial charge in [0.25, 0.3) is 0 Å². The lowest BCUT2D eigenvalue weighted by Gasteiger charge is -2.19. The van der Waals surface area contributed by atoms with Crippen LogP contribution in [0.1, 0.15) is 55.9 Å². The highest BCUT2D eigenvalue weighted by atomic mass is 16.6. The second kappa shape index (κ2) is 4.44. The molecule has 17 heavy (non-hydrogen) atoms. The Morgan fingerprint density at radius 1 is 1.47 bits per heavy atom. The maximum absolute atomic E-state index is 11.9. The molecule has 1 N–H and O–H groups in total. The van der Waals surface area contributed by atoms with Crippen LogP contribution in [0.2, 0.25) is 0 Å². The molecule has 6 heteroatoms. The average molecular weight is 239 g/mol. The third kappa shape index (κ3) is 2.82. The van der Waals surface area contributed by atoms with E-state index < -0.39 is 11.6 Å². The Kier molecular flexibility index (Phi) is 3.15. The average Bonchev–Trinajstić information content (AvgIpc) is 2.85. The molecule has 1 aromatic rings. The SMILES string of the molecule is CC(C)(C)OC(=O)c1n[nH]nc1C1CCCO1. The minimum absolute atomic E-state index is 0.142. The largest absolute Gasteiger partial charge is 0.455 e. The maximum atomic E-state index is 11.9. The molecule has 94 valence electrons. The lowest BCUT2D eigenvalue weighted by atomic mass is 10.1. The molecule has 1 saturated heterocycles. The van der Waals surface area contributed by atoms with Crippen LogP contribution in [0, 0.1) is 0 Å². The van der Waals surface area contributed by atoms with E-state index in [-0.39, 0.29) is 11.8 Å². The quantitative estimate of drug-likeness (QED) is 0.793. The summed E-state index contributed by atoms with van der Waals surface area (Å²) in [6.45, 7) is 6.15. The predicted molar refractivity (Wildman–Crippen MR) is 59.5 cm³/mol. The zero-order chi connectivity index (χ0) is 12.5. The molecule has 1 unspecified atom stereocenters. The molecule has 6 nitrogen and oxygen atoms in total. The number of rotatable bonds is 2. The number of H-pyrrole nitrogens is 1.